The molecular weight excluding hydrogens is 580 g/mol. The molecule has 224 valence electrons. The van der Waals surface area contributed by atoms with Gasteiger partial charge in [-0.1, -0.05) is 29.3 Å². The van der Waals surface area contributed by atoms with Gasteiger partial charge in [-0.05, 0) is 83.3 Å². The molecule has 0 radical (unpaired) electrons. The first-order valence-electron chi connectivity index (χ1n) is 13.7. The van der Waals surface area contributed by atoms with Crippen LogP contribution in [0.4, 0.5) is 13.2 Å². The number of carbonyl (C=O) groups excluding carboxylic acids is 2. The monoisotopic (exact) mass is 614 g/mol. The van der Waals surface area contributed by atoms with Crippen molar-refractivity contribution in [2.24, 2.45) is 45.4 Å². The molecule has 0 amide bonds. The zero-order chi connectivity index (χ0) is 30.8. The van der Waals surface area contributed by atoms with Gasteiger partial charge in [-0.15, -0.1) is 0 Å². The van der Waals surface area contributed by atoms with Crippen molar-refractivity contribution >= 4 is 47.0 Å². The maximum absolute atomic E-state index is 14.7. The molecule has 41 heavy (non-hydrogen) atoms. The molecule has 1 aliphatic heterocycles. The fraction of sp³-hybridized carbons (Fsp3) is 0.633. The minimum atomic E-state index is -4.72. The number of Topliss-reactive ketones (excluding diaryl/α,β-unsaturated/α-hetero) is 2. The third-order valence-electron chi connectivity index (χ3n) is 8.89. The van der Waals surface area contributed by atoms with Crippen molar-refractivity contribution in [3.05, 3.63) is 33.8 Å². The fourth-order valence-corrected chi connectivity index (χ4v) is 6.73. The summed E-state index contributed by atoms with van der Waals surface area (Å²) in [6.45, 7) is 4.81. The first kappa shape index (κ1) is 33.1. The Bertz CT molecular complexity index is 1210. The number of hydrogen-bond donors (Lipinski definition) is 1. The van der Waals surface area contributed by atoms with E-state index in [1.54, 1.807) is 26.8 Å². The van der Waals surface area contributed by atoms with Gasteiger partial charge >= 0.3 is 12.1 Å². The highest BCUT2D eigenvalue weighted by molar-refractivity contribution is 6.39. The normalized spacial score (nSPS) is 27.6. The van der Waals surface area contributed by atoms with Crippen molar-refractivity contribution in [2.75, 3.05) is 6.54 Å². The maximum Gasteiger partial charge on any atom is 0.393 e. The van der Waals surface area contributed by atoms with Crippen LogP contribution in [-0.4, -0.2) is 41.6 Å². The van der Waals surface area contributed by atoms with Crippen LogP contribution in [-0.2, 0) is 9.59 Å². The van der Waals surface area contributed by atoms with E-state index in [0.29, 0.717) is 12.8 Å². The van der Waals surface area contributed by atoms with Crippen LogP contribution in [0.1, 0.15) is 76.1 Å². The summed E-state index contributed by atoms with van der Waals surface area (Å²) in [6.07, 6.45) is -2.79. The van der Waals surface area contributed by atoms with Gasteiger partial charge in [0, 0.05) is 25.1 Å². The van der Waals surface area contributed by atoms with E-state index >= 15 is 0 Å². The number of ketones is 2. The van der Waals surface area contributed by atoms with Crippen molar-refractivity contribution in [3.8, 4) is 6.07 Å². The topological polar surface area (TPSA) is 108 Å². The number of carboxylic acids is 1. The molecule has 1 N–H and O–H groups in total. The second-order valence-electron chi connectivity index (χ2n) is 12.3. The lowest BCUT2D eigenvalue weighted by atomic mass is 9.62. The van der Waals surface area contributed by atoms with Gasteiger partial charge in [-0.25, -0.2) is 0 Å². The Morgan fingerprint density at radius 3 is 2.27 bits per heavy atom. The molecule has 0 spiro atoms. The number of aliphatic imine (C=N–C) groups is 1. The van der Waals surface area contributed by atoms with Crippen LogP contribution in [0.15, 0.2) is 23.2 Å². The zero-order valence-corrected chi connectivity index (χ0v) is 24.8. The zero-order valence-electron chi connectivity index (χ0n) is 23.3. The molecular formula is C30H35Cl2F3N2O4. The number of nitriles is 1. The van der Waals surface area contributed by atoms with Crippen molar-refractivity contribution in [2.45, 2.75) is 71.9 Å². The van der Waals surface area contributed by atoms with Crippen LogP contribution >= 0.6 is 23.2 Å². The highest BCUT2D eigenvalue weighted by Gasteiger charge is 2.55. The number of alkyl halides is 3. The summed E-state index contributed by atoms with van der Waals surface area (Å²) in [4.78, 5) is 43.1. The Morgan fingerprint density at radius 1 is 1.17 bits per heavy atom. The third-order valence-corrected chi connectivity index (χ3v) is 9.52. The number of carboxylic acid groups (broad SMARTS) is 1. The first-order chi connectivity index (χ1) is 19.0. The summed E-state index contributed by atoms with van der Waals surface area (Å²) < 4.78 is 44.1. The smallest absolute Gasteiger partial charge is 0.393 e. The maximum atomic E-state index is 14.7. The van der Waals surface area contributed by atoms with Gasteiger partial charge in [0.2, 0.25) is 0 Å². The summed E-state index contributed by atoms with van der Waals surface area (Å²) >= 11 is 12.4. The lowest BCUT2D eigenvalue weighted by Gasteiger charge is -2.43. The molecule has 1 fully saturated rings. The number of aliphatic carboxylic acids is 1. The minimum absolute atomic E-state index is 0.000536. The van der Waals surface area contributed by atoms with Gasteiger partial charge in [-0.3, -0.25) is 19.4 Å². The second-order valence-corrected chi connectivity index (χ2v) is 13.1. The van der Waals surface area contributed by atoms with E-state index in [9.17, 15) is 37.9 Å². The van der Waals surface area contributed by atoms with E-state index in [4.69, 9.17) is 23.2 Å². The molecule has 3 rings (SSSR count). The van der Waals surface area contributed by atoms with E-state index in [2.05, 4.69) is 11.1 Å². The molecule has 2 aliphatic rings. The molecule has 4 unspecified atom stereocenters. The van der Waals surface area contributed by atoms with E-state index in [1.165, 1.54) is 12.1 Å². The van der Waals surface area contributed by atoms with Crippen molar-refractivity contribution in [3.63, 3.8) is 0 Å². The molecule has 1 aromatic rings. The molecule has 4 atom stereocenters. The molecule has 1 saturated carbocycles. The summed E-state index contributed by atoms with van der Waals surface area (Å²) in [5.74, 6) is -8.46. The molecule has 1 aromatic carbocycles. The summed E-state index contributed by atoms with van der Waals surface area (Å²) in [6, 6.07) is 6.61. The third kappa shape index (κ3) is 7.70. The van der Waals surface area contributed by atoms with E-state index in [1.807, 2.05) is 0 Å². The van der Waals surface area contributed by atoms with Crippen molar-refractivity contribution in [1.29, 1.82) is 5.26 Å². The lowest BCUT2D eigenvalue weighted by molar-refractivity contribution is -0.206. The molecule has 0 aromatic heterocycles. The van der Waals surface area contributed by atoms with Gasteiger partial charge in [0.15, 0.2) is 5.78 Å². The van der Waals surface area contributed by atoms with Gasteiger partial charge in [0.1, 0.15) is 5.78 Å². The van der Waals surface area contributed by atoms with Gasteiger partial charge in [0.25, 0.3) is 0 Å². The summed E-state index contributed by atoms with van der Waals surface area (Å²) in [5, 5.41) is 19.2. The number of benzene rings is 1. The van der Waals surface area contributed by atoms with Gasteiger partial charge < -0.3 is 5.11 Å². The number of rotatable bonds is 10. The lowest BCUT2D eigenvalue weighted by Crippen LogP contribution is -2.49. The standard InChI is InChI=1S/C30H35Cl2F3N2O4/c1-28(2,16-36)10-7-18(13-23(38)24-21(31)5-4-6-22(24)32)26(39)20-15-37-14-19(25(20)30(33,34)35)17-8-11-29(3,12-9-17)27(40)41/h4-6,15,17-20,25H,7-14H2,1-3H3,(H,40,41). The Labute approximate surface area is 248 Å². The molecule has 1 heterocycles. The number of nitrogens with zero attached hydrogens (tertiary/aromatic N) is 2. The number of halogens is 5. The van der Waals surface area contributed by atoms with Crippen LogP contribution in [0, 0.1) is 51.8 Å². The summed E-state index contributed by atoms with van der Waals surface area (Å²) in [7, 11) is 0. The molecule has 11 heteroatoms. The number of carbonyl (C=O) groups is 3. The number of hydrogen-bond acceptors (Lipinski definition) is 5. The van der Waals surface area contributed by atoms with Gasteiger partial charge in [-0.2, -0.15) is 18.4 Å². The quantitative estimate of drug-likeness (QED) is 0.270. The highest BCUT2D eigenvalue weighted by atomic mass is 35.5. The van der Waals surface area contributed by atoms with Crippen molar-refractivity contribution in [1.82, 2.24) is 0 Å². The van der Waals surface area contributed by atoms with Crippen LogP contribution in [0.3, 0.4) is 0 Å². The molecule has 1 aliphatic carbocycles. The van der Waals surface area contributed by atoms with Crippen LogP contribution in [0.5, 0.6) is 0 Å². The highest BCUT2D eigenvalue weighted by Crippen LogP contribution is 2.50. The predicted octanol–water partition coefficient (Wildman–Crippen LogP) is 7.86. The Hall–Kier alpha value is -2.44. The second kappa shape index (κ2) is 12.8. The minimum Gasteiger partial charge on any atom is -0.481 e. The summed E-state index contributed by atoms with van der Waals surface area (Å²) in [5.41, 5.74) is -1.86. The van der Waals surface area contributed by atoms with Crippen LogP contribution < -0.4 is 0 Å². The Morgan fingerprint density at radius 2 is 1.76 bits per heavy atom. The fourth-order valence-electron chi connectivity index (χ4n) is 6.13. The Balaban J connectivity index is 1.93. The molecule has 0 bridgehead atoms. The molecule has 0 saturated heterocycles. The van der Waals surface area contributed by atoms with E-state index in [0.717, 1.165) is 6.21 Å². The average molecular weight is 616 g/mol. The SMILES string of the molecule is CC(C)(C#N)CCC(CC(=O)c1c(Cl)cccc1Cl)C(=O)C1C=NCC(C2CCC(C)(C(=O)O)CC2)C1C(F)(F)F. The van der Waals surface area contributed by atoms with E-state index in [-0.39, 0.29) is 47.8 Å². The van der Waals surface area contributed by atoms with Gasteiger partial charge in [0.05, 0.1) is 44.3 Å². The van der Waals surface area contributed by atoms with Crippen molar-refractivity contribution < 1.29 is 32.7 Å². The van der Waals surface area contributed by atoms with Crippen LogP contribution in [0.2, 0.25) is 10.0 Å². The van der Waals surface area contributed by atoms with E-state index < -0.39 is 70.6 Å². The average Bonchev–Trinajstić information content (AvgIpc) is 2.90. The largest absolute Gasteiger partial charge is 0.481 e. The molecule has 6 nitrogen and oxygen atoms in total. The van der Waals surface area contributed by atoms with Crippen LogP contribution in [0.25, 0.3) is 0 Å². The Kier molecular flexibility index (Phi) is 10.3. The first-order valence-corrected chi connectivity index (χ1v) is 14.5. The predicted molar refractivity (Wildman–Crippen MR) is 150 cm³/mol.